The van der Waals surface area contributed by atoms with Gasteiger partial charge in [-0.05, 0) is 31.9 Å². The smallest absolute Gasteiger partial charge is 0.144 e. The van der Waals surface area contributed by atoms with Gasteiger partial charge in [-0.1, -0.05) is 18.9 Å². The Kier molecular flexibility index (Phi) is 3.97. The molecule has 0 saturated heterocycles. The highest BCUT2D eigenvalue weighted by Gasteiger charge is 2.30. The Labute approximate surface area is 108 Å². The Bertz CT molecular complexity index is 401. The average molecular weight is 250 g/mol. The van der Waals surface area contributed by atoms with Gasteiger partial charge in [0.15, 0.2) is 0 Å². The summed E-state index contributed by atoms with van der Waals surface area (Å²) in [7, 11) is 0. The third-order valence-corrected chi connectivity index (χ3v) is 3.51. The van der Waals surface area contributed by atoms with Gasteiger partial charge in [-0.2, -0.15) is 0 Å². The first-order valence-corrected chi connectivity index (χ1v) is 6.62. The van der Waals surface area contributed by atoms with Crippen LogP contribution in [0, 0.1) is 0 Å². The number of hydrogen-bond donors (Lipinski definition) is 3. The van der Waals surface area contributed by atoms with E-state index in [0.29, 0.717) is 24.6 Å². The molecule has 0 amide bonds. The van der Waals surface area contributed by atoms with Crippen molar-refractivity contribution < 1.29 is 9.84 Å². The number of ether oxygens (including phenoxy) is 1. The molecule has 1 aliphatic carbocycles. The minimum Gasteiger partial charge on any atom is -0.492 e. The van der Waals surface area contributed by atoms with E-state index in [-0.39, 0.29) is 0 Å². The number of benzene rings is 1. The lowest BCUT2D eigenvalue weighted by atomic mass is 10.0. The second kappa shape index (κ2) is 5.48. The van der Waals surface area contributed by atoms with Crippen molar-refractivity contribution in [2.45, 2.75) is 38.2 Å². The highest BCUT2D eigenvalue weighted by Crippen LogP contribution is 2.33. The number of aliphatic hydroxyl groups is 1. The maximum atomic E-state index is 10.3. The van der Waals surface area contributed by atoms with Gasteiger partial charge >= 0.3 is 0 Å². The maximum absolute atomic E-state index is 10.3. The number of anilines is 2. The second-order valence-corrected chi connectivity index (χ2v) is 4.94. The maximum Gasteiger partial charge on any atom is 0.144 e. The summed E-state index contributed by atoms with van der Waals surface area (Å²) in [5.74, 6) is 0.695. The van der Waals surface area contributed by atoms with Crippen molar-refractivity contribution in [3.8, 4) is 5.75 Å². The zero-order valence-corrected chi connectivity index (χ0v) is 10.9. The molecule has 4 heteroatoms. The van der Waals surface area contributed by atoms with E-state index >= 15 is 0 Å². The number of rotatable bonds is 5. The fraction of sp³-hybridized carbons (Fsp3) is 0.571. The molecule has 0 unspecified atom stereocenters. The first-order chi connectivity index (χ1) is 8.64. The average Bonchev–Trinajstić information content (AvgIpc) is 2.78. The normalized spacial score (nSPS) is 17.7. The summed E-state index contributed by atoms with van der Waals surface area (Å²) in [5, 5.41) is 13.5. The molecule has 0 aliphatic heterocycles. The molecule has 0 atom stereocenters. The topological polar surface area (TPSA) is 67.5 Å². The third kappa shape index (κ3) is 2.88. The molecular formula is C14H22N2O2. The van der Waals surface area contributed by atoms with E-state index in [2.05, 4.69) is 5.32 Å². The van der Waals surface area contributed by atoms with Crippen LogP contribution in [0.1, 0.15) is 32.6 Å². The monoisotopic (exact) mass is 250 g/mol. The Balaban J connectivity index is 2.02. The van der Waals surface area contributed by atoms with Crippen LogP contribution in [0.4, 0.5) is 11.4 Å². The largest absolute Gasteiger partial charge is 0.492 e. The summed E-state index contributed by atoms with van der Waals surface area (Å²) in [4.78, 5) is 0. The fourth-order valence-electron chi connectivity index (χ4n) is 2.45. The van der Waals surface area contributed by atoms with E-state index < -0.39 is 5.60 Å². The number of nitrogen functional groups attached to an aromatic ring is 1. The van der Waals surface area contributed by atoms with Crippen molar-refractivity contribution >= 4 is 11.4 Å². The molecule has 0 spiro atoms. The fourth-order valence-corrected chi connectivity index (χ4v) is 2.45. The number of para-hydroxylation sites is 1. The van der Waals surface area contributed by atoms with Gasteiger partial charge in [0.05, 0.1) is 23.6 Å². The van der Waals surface area contributed by atoms with E-state index in [4.69, 9.17) is 10.5 Å². The van der Waals surface area contributed by atoms with Crippen LogP contribution in [-0.4, -0.2) is 23.9 Å². The molecule has 1 aromatic rings. The zero-order chi connectivity index (χ0) is 13.0. The molecule has 0 radical (unpaired) electrons. The summed E-state index contributed by atoms with van der Waals surface area (Å²) < 4.78 is 5.45. The predicted octanol–water partition coefficient (Wildman–Crippen LogP) is 2.38. The van der Waals surface area contributed by atoms with Crippen LogP contribution in [0.2, 0.25) is 0 Å². The van der Waals surface area contributed by atoms with Gasteiger partial charge in [0.1, 0.15) is 5.75 Å². The molecule has 0 heterocycles. The van der Waals surface area contributed by atoms with Gasteiger partial charge in [-0.25, -0.2) is 0 Å². The van der Waals surface area contributed by atoms with Crippen LogP contribution in [0.15, 0.2) is 18.2 Å². The van der Waals surface area contributed by atoms with E-state index in [1.54, 1.807) is 0 Å². The van der Waals surface area contributed by atoms with Crippen molar-refractivity contribution in [3.63, 3.8) is 0 Å². The lowest BCUT2D eigenvalue weighted by Crippen LogP contribution is -2.33. The van der Waals surface area contributed by atoms with Gasteiger partial charge < -0.3 is 20.9 Å². The lowest BCUT2D eigenvalue weighted by Gasteiger charge is -2.24. The Morgan fingerprint density at radius 3 is 2.78 bits per heavy atom. The molecule has 1 saturated carbocycles. The van der Waals surface area contributed by atoms with Gasteiger partial charge in [-0.3, -0.25) is 0 Å². The molecule has 0 aromatic heterocycles. The molecule has 4 N–H and O–H groups in total. The van der Waals surface area contributed by atoms with Crippen molar-refractivity contribution in [2.24, 2.45) is 0 Å². The van der Waals surface area contributed by atoms with Gasteiger partial charge in [-0.15, -0.1) is 0 Å². The summed E-state index contributed by atoms with van der Waals surface area (Å²) in [6.45, 7) is 3.07. The highest BCUT2D eigenvalue weighted by atomic mass is 16.5. The number of nitrogens with one attached hydrogen (secondary N) is 1. The van der Waals surface area contributed by atoms with Gasteiger partial charge in [0, 0.05) is 6.54 Å². The van der Waals surface area contributed by atoms with E-state index in [9.17, 15) is 5.11 Å². The van der Waals surface area contributed by atoms with E-state index in [0.717, 1.165) is 31.4 Å². The summed E-state index contributed by atoms with van der Waals surface area (Å²) in [6, 6.07) is 5.67. The molecule has 100 valence electrons. The van der Waals surface area contributed by atoms with Gasteiger partial charge in [0.2, 0.25) is 0 Å². The predicted molar refractivity (Wildman–Crippen MR) is 73.9 cm³/mol. The third-order valence-electron chi connectivity index (χ3n) is 3.51. The van der Waals surface area contributed by atoms with Crippen molar-refractivity contribution in [1.82, 2.24) is 0 Å². The minimum atomic E-state index is -0.575. The van der Waals surface area contributed by atoms with Crippen LogP contribution in [0.25, 0.3) is 0 Å². The molecule has 18 heavy (non-hydrogen) atoms. The van der Waals surface area contributed by atoms with Crippen LogP contribution in [0.3, 0.4) is 0 Å². The first-order valence-electron chi connectivity index (χ1n) is 6.62. The molecule has 1 fully saturated rings. The number of hydrogen-bond acceptors (Lipinski definition) is 4. The standard InChI is InChI=1S/C14H22N2O2/c1-2-18-12-7-5-6-11(13(12)15)16-10-14(17)8-3-4-9-14/h5-7,16-17H,2-4,8-10,15H2,1H3. The zero-order valence-electron chi connectivity index (χ0n) is 10.9. The Morgan fingerprint density at radius 2 is 2.11 bits per heavy atom. The van der Waals surface area contributed by atoms with Gasteiger partial charge in [0.25, 0.3) is 0 Å². The van der Waals surface area contributed by atoms with E-state index in [1.807, 2.05) is 25.1 Å². The molecule has 1 aromatic carbocycles. The molecule has 1 aliphatic rings. The molecule has 2 rings (SSSR count). The Morgan fingerprint density at radius 1 is 1.39 bits per heavy atom. The quantitative estimate of drug-likeness (QED) is 0.702. The summed E-state index contributed by atoms with van der Waals surface area (Å²) in [5.41, 5.74) is 6.90. The number of nitrogens with two attached hydrogens (primary N) is 1. The highest BCUT2D eigenvalue weighted by molar-refractivity contribution is 5.73. The molecule has 0 bridgehead atoms. The lowest BCUT2D eigenvalue weighted by molar-refractivity contribution is 0.0615. The van der Waals surface area contributed by atoms with Crippen molar-refractivity contribution in [3.05, 3.63) is 18.2 Å². The molecular weight excluding hydrogens is 228 g/mol. The minimum absolute atomic E-state index is 0.548. The van der Waals surface area contributed by atoms with Crippen molar-refractivity contribution in [2.75, 3.05) is 24.2 Å². The van der Waals surface area contributed by atoms with Crippen LogP contribution in [-0.2, 0) is 0 Å². The summed E-state index contributed by atoms with van der Waals surface area (Å²) in [6.07, 6.45) is 3.94. The summed E-state index contributed by atoms with van der Waals surface area (Å²) >= 11 is 0. The molecule has 4 nitrogen and oxygen atoms in total. The van der Waals surface area contributed by atoms with Crippen LogP contribution >= 0.6 is 0 Å². The second-order valence-electron chi connectivity index (χ2n) is 4.94. The first kappa shape index (κ1) is 13.0. The Hall–Kier alpha value is -1.42. The van der Waals surface area contributed by atoms with Crippen LogP contribution < -0.4 is 15.8 Å². The van der Waals surface area contributed by atoms with E-state index in [1.165, 1.54) is 0 Å². The van der Waals surface area contributed by atoms with Crippen LogP contribution in [0.5, 0.6) is 5.75 Å². The van der Waals surface area contributed by atoms with Crippen molar-refractivity contribution in [1.29, 1.82) is 0 Å². The SMILES string of the molecule is CCOc1cccc(NCC2(O)CCCC2)c1N.